The number of rotatable bonds is 4. The summed E-state index contributed by atoms with van der Waals surface area (Å²) in [7, 11) is -1.01. The highest BCUT2D eigenvalue weighted by Crippen LogP contribution is 2.23. The lowest BCUT2D eigenvalue weighted by atomic mass is 10.1. The van der Waals surface area contributed by atoms with E-state index in [0.29, 0.717) is 6.42 Å². The zero-order valence-electron chi connectivity index (χ0n) is 11.2. The molecule has 1 atom stereocenters. The second-order valence-corrected chi connectivity index (χ2v) is 7.16. The molecule has 0 aliphatic carbocycles. The Kier molecular flexibility index (Phi) is 4.13. The van der Waals surface area contributed by atoms with Crippen molar-refractivity contribution in [2.24, 2.45) is 0 Å². The summed E-state index contributed by atoms with van der Waals surface area (Å²) in [5.41, 5.74) is 1.73. The minimum absolute atomic E-state index is 0.0143. The standard InChI is InChI=1S/C14H17NO4S/c1-15(13-8-9-20(18,19)10-13)12-5-2-11(3-6-12)4-7-14(16)17/h2-7,13H,8-10H2,1H3,(H,16,17)/b7-4+. The normalized spacial score (nSPS) is 21.1. The van der Waals surface area contributed by atoms with E-state index in [9.17, 15) is 13.2 Å². The quantitative estimate of drug-likeness (QED) is 0.850. The predicted molar refractivity (Wildman–Crippen MR) is 78.6 cm³/mol. The van der Waals surface area contributed by atoms with Gasteiger partial charge in [-0.2, -0.15) is 0 Å². The molecule has 1 saturated heterocycles. The van der Waals surface area contributed by atoms with Gasteiger partial charge in [-0.25, -0.2) is 13.2 Å². The smallest absolute Gasteiger partial charge is 0.328 e. The van der Waals surface area contributed by atoms with Gasteiger partial charge < -0.3 is 10.0 Å². The van der Waals surface area contributed by atoms with Crippen molar-refractivity contribution in [2.75, 3.05) is 23.5 Å². The molecule has 0 bridgehead atoms. The van der Waals surface area contributed by atoms with Gasteiger partial charge in [0.25, 0.3) is 0 Å². The Morgan fingerprint density at radius 3 is 2.50 bits per heavy atom. The van der Waals surface area contributed by atoms with Crippen LogP contribution in [0.2, 0.25) is 0 Å². The third kappa shape index (κ3) is 3.60. The molecular weight excluding hydrogens is 278 g/mol. The molecule has 0 saturated carbocycles. The highest BCUT2D eigenvalue weighted by atomic mass is 32.2. The average Bonchev–Trinajstić information content (AvgIpc) is 2.76. The van der Waals surface area contributed by atoms with E-state index >= 15 is 0 Å². The van der Waals surface area contributed by atoms with Gasteiger partial charge in [-0.1, -0.05) is 12.1 Å². The van der Waals surface area contributed by atoms with E-state index in [1.165, 1.54) is 6.08 Å². The Balaban J connectivity index is 2.08. The molecule has 1 aromatic rings. The van der Waals surface area contributed by atoms with Crippen LogP contribution in [0.15, 0.2) is 30.3 Å². The first-order chi connectivity index (χ1) is 9.37. The largest absolute Gasteiger partial charge is 0.478 e. The lowest BCUT2D eigenvalue weighted by molar-refractivity contribution is -0.131. The third-order valence-electron chi connectivity index (χ3n) is 3.47. The van der Waals surface area contributed by atoms with Crippen LogP contribution in [0.4, 0.5) is 5.69 Å². The summed E-state index contributed by atoms with van der Waals surface area (Å²) < 4.78 is 23.0. The molecule has 0 amide bonds. The van der Waals surface area contributed by atoms with E-state index in [-0.39, 0.29) is 17.5 Å². The van der Waals surface area contributed by atoms with E-state index in [1.807, 2.05) is 36.2 Å². The first-order valence-electron chi connectivity index (χ1n) is 6.32. The number of nitrogens with zero attached hydrogens (tertiary/aromatic N) is 1. The Morgan fingerprint density at radius 1 is 1.35 bits per heavy atom. The third-order valence-corrected chi connectivity index (χ3v) is 5.23. The van der Waals surface area contributed by atoms with Gasteiger partial charge in [0.05, 0.1) is 11.5 Å². The molecule has 20 heavy (non-hydrogen) atoms. The number of carboxylic acids is 1. The highest BCUT2D eigenvalue weighted by Gasteiger charge is 2.30. The lowest BCUT2D eigenvalue weighted by Gasteiger charge is -2.25. The number of carbonyl (C=O) groups is 1. The van der Waals surface area contributed by atoms with E-state index in [2.05, 4.69) is 0 Å². The fraction of sp³-hybridized carbons (Fsp3) is 0.357. The van der Waals surface area contributed by atoms with Crippen molar-refractivity contribution in [3.63, 3.8) is 0 Å². The van der Waals surface area contributed by atoms with E-state index in [0.717, 1.165) is 17.3 Å². The monoisotopic (exact) mass is 295 g/mol. The topological polar surface area (TPSA) is 74.7 Å². The molecule has 1 aromatic carbocycles. The fourth-order valence-electron chi connectivity index (χ4n) is 2.28. The summed E-state index contributed by atoms with van der Waals surface area (Å²) in [6.45, 7) is 0. The summed E-state index contributed by atoms with van der Waals surface area (Å²) >= 11 is 0. The van der Waals surface area contributed by atoms with Gasteiger partial charge in [0.2, 0.25) is 0 Å². The predicted octanol–water partition coefficient (Wildman–Crippen LogP) is 1.41. The zero-order valence-corrected chi connectivity index (χ0v) is 12.0. The van der Waals surface area contributed by atoms with Crippen LogP contribution in [0.25, 0.3) is 6.08 Å². The number of hydrogen-bond acceptors (Lipinski definition) is 4. The van der Waals surface area contributed by atoms with Crippen LogP contribution in [-0.2, 0) is 14.6 Å². The van der Waals surface area contributed by atoms with Gasteiger partial charge in [0.1, 0.15) is 0 Å². The molecule has 1 heterocycles. The van der Waals surface area contributed by atoms with Crippen LogP contribution in [-0.4, -0.2) is 44.1 Å². The first kappa shape index (κ1) is 14.6. The minimum Gasteiger partial charge on any atom is -0.478 e. The number of benzene rings is 1. The Hall–Kier alpha value is -1.82. The van der Waals surface area contributed by atoms with Gasteiger partial charge in [-0.05, 0) is 30.2 Å². The molecule has 108 valence electrons. The average molecular weight is 295 g/mol. The summed E-state index contributed by atoms with van der Waals surface area (Å²) in [4.78, 5) is 12.4. The summed E-state index contributed by atoms with van der Waals surface area (Å²) in [6, 6.07) is 7.38. The van der Waals surface area contributed by atoms with Crippen LogP contribution in [0.3, 0.4) is 0 Å². The Bertz CT molecular complexity index is 619. The van der Waals surface area contributed by atoms with Crippen molar-refractivity contribution in [2.45, 2.75) is 12.5 Å². The second-order valence-electron chi connectivity index (χ2n) is 4.93. The molecule has 1 N–H and O–H groups in total. The number of aliphatic carboxylic acids is 1. The number of carboxylic acid groups (broad SMARTS) is 1. The first-order valence-corrected chi connectivity index (χ1v) is 8.14. The van der Waals surface area contributed by atoms with E-state index in [4.69, 9.17) is 5.11 Å². The molecule has 1 aliphatic rings. The zero-order chi connectivity index (χ0) is 14.8. The van der Waals surface area contributed by atoms with Crippen molar-refractivity contribution >= 4 is 27.6 Å². The van der Waals surface area contributed by atoms with E-state index in [1.54, 1.807) is 0 Å². The molecule has 0 aromatic heterocycles. The summed E-state index contributed by atoms with van der Waals surface area (Å²) in [5.74, 6) is -0.534. The SMILES string of the molecule is CN(c1ccc(/C=C/C(=O)O)cc1)C1CCS(=O)(=O)C1. The molecule has 2 rings (SSSR count). The van der Waals surface area contributed by atoms with Gasteiger partial charge in [0.15, 0.2) is 9.84 Å². The van der Waals surface area contributed by atoms with Crippen molar-refractivity contribution in [1.29, 1.82) is 0 Å². The molecule has 0 spiro atoms. The van der Waals surface area contributed by atoms with Crippen LogP contribution in [0.5, 0.6) is 0 Å². The second kappa shape index (κ2) is 5.66. The number of hydrogen-bond donors (Lipinski definition) is 1. The van der Waals surface area contributed by atoms with Crippen molar-refractivity contribution in [3.05, 3.63) is 35.9 Å². The molecule has 5 nitrogen and oxygen atoms in total. The Labute approximate surface area is 118 Å². The molecule has 6 heteroatoms. The summed E-state index contributed by atoms with van der Waals surface area (Å²) in [6.07, 6.45) is 3.26. The van der Waals surface area contributed by atoms with Crippen LogP contribution < -0.4 is 4.90 Å². The molecule has 1 aliphatic heterocycles. The van der Waals surface area contributed by atoms with E-state index < -0.39 is 15.8 Å². The molecule has 1 fully saturated rings. The van der Waals surface area contributed by atoms with Crippen LogP contribution >= 0.6 is 0 Å². The van der Waals surface area contributed by atoms with Crippen molar-refractivity contribution in [1.82, 2.24) is 0 Å². The maximum atomic E-state index is 11.5. The molecule has 1 unspecified atom stereocenters. The Morgan fingerprint density at radius 2 is 2.00 bits per heavy atom. The summed E-state index contributed by atoms with van der Waals surface area (Å²) in [5, 5.41) is 8.56. The van der Waals surface area contributed by atoms with Gasteiger partial charge in [0, 0.05) is 24.9 Å². The maximum absolute atomic E-state index is 11.5. The van der Waals surface area contributed by atoms with Crippen molar-refractivity contribution < 1.29 is 18.3 Å². The van der Waals surface area contributed by atoms with Crippen molar-refractivity contribution in [3.8, 4) is 0 Å². The number of sulfone groups is 1. The highest BCUT2D eigenvalue weighted by molar-refractivity contribution is 7.91. The van der Waals surface area contributed by atoms with Gasteiger partial charge >= 0.3 is 5.97 Å². The number of anilines is 1. The molecule has 0 radical (unpaired) electrons. The van der Waals surface area contributed by atoms with Gasteiger partial charge in [-0.15, -0.1) is 0 Å². The molecular formula is C14H17NO4S. The minimum atomic E-state index is -2.89. The lowest BCUT2D eigenvalue weighted by Crippen LogP contribution is -2.32. The fourth-order valence-corrected chi connectivity index (χ4v) is 4.05. The van der Waals surface area contributed by atoms with Crippen LogP contribution in [0.1, 0.15) is 12.0 Å². The maximum Gasteiger partial charge on any atom is 0.328 e. The van der Waals surface area contributed by atoms with Gasteiger partial charge in [-0.3, -0.25) is 0 Å². The van der Waals surface area contributed by atoms with Crippen LogP contribution in [0, 0.1) is 0 Å².